The summed E-state index contributed by atoms with van der Waals surface area (Å²) in [4.78, 5) is 42.5. The number of anilines is 1. The van der Waals surface area contributed by atoms with E-state index >= 15 is 0 Å². The number of ether oxygens (including phenoxy) is 1. The molecule has 0 aliphatic heterocycles. The minimum Gasteiger partial charge on any atom is -0.508 e. The number of benzene rings is 2. The predicted octanol–water partition coefficient (Wildman–Crippen LogP) is 5.56. The third kappa shape index (κ3) is 7.73. The molecule has 1 aliphatic carbocycles. The maximum atomic E-state index is 14.2. The average Bonchev–Trinajstić information content (AvgIpc) is 3.52. The van der Waals surface area contributed by atoms with Crippen LogP contribution in [0.2, 0.25) is 0 Å². The van der Waals surface area contributed by atoms with E-state index in [0.717, 1.165) is 12.0 Å². The lowest BCUT2D eigenvalue weighted by Gasteiger charge is -2.35. The highest BCUT2D eigenvalue weighted by Crippen LogP contribution is 2.41. The maximum Gasteiger partial charge on any atom is 0.408 e. The van der Waals surface area contributed by atoms with E-state index in [0.29, 0.717) is 17.7 Å². The van der Waals surface area contributed by atoms with E-state index in [-0.39, 0.29) is 29.5 Å². The van der Waals surface area contributed by atoms with Crippen molar-refractivity contribution < 1.29 is 24.2 Å². The minimum atomic E-state index is -1.01. The monoisotopic (exact) mass is 523 g/mol. The van der Waals surface area contributed by atoms with Gasteiger partial charge in [0.2, 0.25) is 5.91 Å². The maximum absolute atomic E-state index is 14.2. The van der Waals surface area contributed by atoms with Gasteiger partial charge in [-0.2, -0.15) is 0 Å². The number of amides is 3. The number of nitrogens with zero attached hydrogens (tertiary/aromatic N) is 1. The highest BCUT2D eigenvalue weighted by atomic mass is 16.6. The first-order valence-corrected chi connectivity index (χ1v) is 13.2. The van der Waals surface area contributed by atoms with E-state index in [1.54, 1.807) is 37.8 Å². The normalized spacial score (nSPS) is 18.3. The van der Waals surface area contributed by atoms with Gasteiger partial charge in [-0.3, -0.25) is 9.59 Å². The molecule has 0 aromatic heterocycles. The summed E-state index contributed by atoms with van der Waals surface area (Å²) in [5.74, 6) is -0.466. The number of hydrogen-bond acceptors (Lipinski definition) is 5. The molecule has 8 nitrogen and oxygen atoms in total. The summed E-state index contributed by atoms with van der Waals surface area (Å²) in [5, 5.41) is 16.0. The third-order valence-electron chi connectivity index (χ3n) is 6.49. The lowest BCUT2D eigenvalue weighted by molar-refractivity contribution is -0.142. The van der Waals surface area contributed by atoms with Crippen molar-refractivity contribution in [3.8, 4) is 5.75 Å². The van der Waals surface area contributed by atoms with Gasteiger partial charge >= 0.3 is 6.09 Å². The van der Waals surface area contributed by atoms with Gasteiger partial charge < -0.3 is 25.4 Å². The summed E-state index contributed by atoms with van der Waals surface area (Å²) >= 11 is 0. The van der Waals surface area contributed by atoms with Crippen LogP contribution in [0.5, 0.6) is 5.75 Å². The molecular formula is C30H41N3O5. The Morgan fingerprint density at radius 2 is 1.76 bits per heavy atom. The summed E-state index contributed by atoms with van der Waals surface area (Å²) < 4.78 is 5.44. The van der Waals surface area contributed by atoms with Crippen LogP contribution in [0.3, 0.4) is 0 Å². The number of aromatic hydroxyl groups is 1. The number of aryl methyl sites for hydroxylation is 1. The fraction of sp³-hybridized carbons (Fsp3) is 0.500. The number of alkyl carbamates (subject to hydrolysis) is 1. The Hall–Kier alpha value is -3.55. The summed E-state index contributed by atoms with van der Waals surface area (Å²) in [6.07, 6.45) is 0.431. The van der Waals surface area contributed by atoms with Gasteiger partial charge in [-0.15, -0.1) is 0 Å². The number of phenolic OH excluding ortho intramolecular Hbond substituents is 1. The second kappa shape index (κ2) is 11.9. The summed E-state index contributed by atoms with van der Waals surface area (Å²) in [6.45, 7) is 13.2. The summed E-state index contributed by atoms with van der Waals surface area (Å²) in [6, 6.07) is 11.8. The summed E-state index contributed by atoms with van der Waals surface area (Å²) in [7, 11) is 0. The van der Waals surface area contributed by atoms with Crippen molar-refractivity contribution in [3.05, 3.63) is 59.7 Å². The number of carbonyl (C=O) groups is 3. The van der Waals surface area contributed by atoms with Crippen molar-refractivity contribution in [3.63, 3.8) is 0 Å². The minimum absolute atomic E-state index is 0.00181. The molecule has 1 aliphatic rings. The van der Waals surface area contributed by atoms with E-state index < -0.39 is 29.7 Å². The second-order valence-electron chi connectivity index (χ2n) is 11.7. The SMILES string of the molecule is Cc1ccccc1NC(=O)C(c1cccc(O)c1)N(C(=O)C(CC(C)C)NC(=O)OC(C)(C)C)C1CC1C. The first-order chi connectivity index (χ1) is 17.8. The van der Waals surface area contributed by atoms with E-state index in [4.69, 9.17) is 4.74 Å². The smallest absolute Gasteiger partial charge is 0.408 e. The molecule has 0 saturated heterocycles. The molecule has 2 aromatic carbocycles. The molecule has 4 unspecified atom stereocenters. The van der Waals surface area contributed by atoms with E-state index in [9.17, 15) is 19.5 Å². The molecule has 8 heteroatoms. The zero-order valence-corrected chi connectivity index (χ0v) is 23.4. The predicted molar refractivity (Wildman–Crippen MR) is 148 cm³/mol. The topological polar surface area (TPSA) is 108 Å². The van der Waals surface area contributed by atoms with Gasteiger partial charge in [-0.1, -0.05) is 51.1 Å². The van der Waals surface area contributed by atoms with Gasteiger partial charge in [-0.25, -0.2) is 4.79 Å². The van der Waals surface area contributed by atoms with E-state index in [2.05, 4.69) is 10.6 Å². The number of phenols is 1. The Bertz CT molecular complexity index is 1160. The van der Waals surface area contributed by atoms with Crippen molar-refractivity contribution >= 4 is 23.6 Å². The van der Waals surface area contributed by atoms with Gasteiger partial charge in [0.1, 0.15) is 23.4 Å². The number of carbonyl (C=O) groups excluding carboxylic acids is 3. The first kappa shape index (κ1) is 29.0. The quantitative estimate of drug-likeness (QED) is 0.399. The third-order valence-corrected chi connectivity index (χ3v) is 6.49. The lowest BCUT2D eigenvalue weighted by Crippen LogP contribution is -2.53. The van der Waals surface area contributed by atoms with Crippen LogP contribution in [0, 0.1) is 18.8 Å². The Labute approximate surface area is 225 Å². The fourth-order valence-electron chi connectivity index (χ4n) is 4.54. The number of hydrogen-bond donors (Lipinski definition) is 3. The van der Waals surface area contributed by atoms with Gasteiger partial charge in [0, 0.05) is 11.7 Å². The molecule has 0 bridgehead atoms. The van der Waals surface area contributed by atoms with Gasteiger partial charge in [-0.05, 0) is 81.7 Å². The molecule has 1 saturated carbocycles. The van der Waals surface area contributed by atoms with Crippen LogP contribution in [0.1, 0.15) is 71.6 Å². The van der Waals surface area contributed by atoms with E-state index in [1.165, 1.54) is 12.1 Å². The van der Waals surface area contributed by atoms with Crippen molar-refractivity contribution in [2.75, 3.05) is 5.32 Å². The van der Waals surface area contributed by atoms with Crippen LogP contribution in [0.25, 0.3) is 0 Å². The molecule has 1 fully saturated rings. The Morgan fingerprint density at radius 1 is 1.11 bits per heavy atom. The standard InChI is InChI=1S/C30H41N3O5/c1-18(2)15-24(32-29(37)38-30(5,6)7)28(36)33(25-16-20(25)4)26(21-12-10-13-22(34)17-21)27(35)31-23-14-9-8-11-19(23)3/h8-14,17-18,20,24-26,34H,15-16H2,1-7H3,(H,31,35)(H,32,37). The lowest BCUT2D eigenvalue weighted by atomic mass is 9.98. The summed E-state index contributed by atoms with van der Waals surface area (Å²) in [5.41, 5.74) is 1.30. The molecule has 0 heterocycles. The van der Waals surface area contributed by atoms with Gasteiger partial charge in [0.05, 0.1) is 0 Å². The first-order valence-electron chi connectivity index (χ1n) is 13.2. The average molecular weight is 524 g/mol. The van der Waals surface area contributed by atoms with Crippen LogP contribution < -0.4 is 10.6 Å². The Morgan fingerprint density at radius 3 is 2.32 bits per heavy atom. The van der Waals surface area contributed by atoms with Crippen LogP contribution in [0.4, 0.5) is 10.5 Å². The van der Waals surface area contributed by atoms with Crippen LogP contribution in [-0.4, -0.2) is 45.6 Å². The largest absolute Gasteiger partial charge is 0.508 e. The molecule has 2 aromatic rings. The second-order valence-corrected chi connectivity index (χ2v) is 11.7. The Balaban J connectivity index is 2.03. The molecule has 38 heavy (non-hydrogen) atoms. The van der Waals surface area contributed by atoms with Crippen LogP contribution >= 0.6 is 0 Å². The molecule has 206 valence electrons. The van der Waals surface area contributed by atoms with Gasteiger partial charge in [0.15, 0.2) is 0 Å². The van der Waals surface area contributed by atoms with Gasteiger partial charge in [0.25, 0.3) is 5.91 Å². The molecule has 3 N–H and O–H groups in total. The molecule has 3 amide bonds. The number of rotatable bonds is 9. The zero-order valence-electron chi connectivity index (χ0n) is 23.4. The zero-order chi connectivity index (χ0) is 28.2. The molecule has 0 spiro atoms. The van der Waals surface area contributed by atoms with Crippen molar-refractivity contribution in [2.24, 2.45) is 11.8 Å². The Kier molecular flexibility index (Phi) is 9.07. The number of nitrogens with one attached hydrogen (secondary N) is 2. The van der Waals surface area contributed by atoms with Crippen molar-refractivity contribution in [1.29, 1.82) is 0 Å². The highest BCUT2D eigenvalue weighted by molar-refractivity contribution is 5.99. The van der Waals surface area contributed by atoms with Crippen LogP contribution in [-0.2, 0) is 14.3 Å². The molecule has 4 atom stereocenters. The molecular weight excluding hydrogens is 482 g/mol. The van der Waals surface area contributed by atoms with E-state index in [1.807, 2.05) is 52.0 Å². The molecule has 3 rings (SSSR count). The fourth-order valence-corrected chi connectivity index (χ4v) is 4.54. The number of para-hydroxylation sites is 1. The van der Waals surface area contributed by atoms with Crippen molar-refractivity contribution in [2.45, 2.75) is 85.0 Å². The highest BCUT2D eigenvalue weighted by Gasteiger charge is 2.48. The molecule has 0 radical (unpaired) electrons. The van der Waals surface area contributed by atoms with Crippen molar-refractivity contribution in [1.82, 2.24) is 10.2 Å². The van der Waals surface area contributed by atoms with Crippen LogP contribution in [0.15, 0.2) is 48.5 Å².